The van der Waals surface area contributed by atoms with Crippen molar-refractivity contribution in [1.82, 2.24) is 9.97 Å². The molecule has 0 radical (unpaired) electrons. The number of aromatic nitrogens is 2. The number of H-pyrrole nitrogens is 1. The van der Waals surface area contributed by atoms with Crippen molar-refractivity contribution in [3.05, 3.63) is 62.5 Å². The van der Waals surface area contributed by atoms with Gasteiger partial charge in [-0.25, -0.2) is 4.98 Å². The smallest absolute Gasteiger partial charge is 0.260 e. The first-order valence-corrected chi connectivity index (χ1v) is 9.70. The van der Waals surface area contributed by atoms with Gasteiger partial charge in [0.1, 0.15) is 10.7 Å². The summed E-state index contributed by atoms with van der Waals surface area (Å²) < 4.78 is 0.903. The highest BCUT2D eigenvalue weighted by Gasteiger charge is 2.22. The summed E-state index contributed by atoms with van der Waals surface area (Å²) in [6.45, 7) is 2.27. The first-order chi connectivity index (χ1) is 11.6. The highest BCUT2D eigenvalue weighted by Crippen LogP contribution is 2.35. The van der Waals surface area contributed by atoms with Crippen LogP contribution in [0.5, 0.6) is 0 Å². The molecule has 3 nitrogen and oxygen atoms in total. The van der Waals surface area contributed by atoms with E-state index in [9.17, 15) is 4.79 Å². The highest BCUT2D eigenvalue weighted by molar-refractivity contribution is 9.15. The van der Waals surface area contributed by atoms with E-state index in [0.717, 1.165) is 39.5 Å². The molecule has 4 rings (SSSR count). The van der Waals surface area contributed by atoms with Crippen LogP contribution in [0, 0.1) is 5.92 Å². The lowest BCUT2D eigenvalue weighted by molar-refractivity contribution is 0.509. The van der Waals surface area contributed by atoms with Crippen molar-refractivity contribution in [1.29, 1.82) is 0 Å². The Bertz CT molecular complexity index is 988. The molecular weight excluding hydrogens is 384 g/mol. The number of thiophene rings is 1. The fourth-order valence-electron chi connectivity index (χ4n) is 3.23. The van der Waals surface area contributed by atoms with Gasteiger partial charge in [0.25, 0.3) is 5.56 Å². The van der Waals surface area contributed by atoms with Gasteiger partial charge in [-0.1, -0.05) is 53.2 Å². The molecule has 2 heterocycles. The van der Waals surface area contributed by atoms with Crippen molar-refractivity contribution in [2.75, 3.05) is 0 Å². The van der Waals surface area contributed by atoms with Crippen LogP contribution in [-0.4, -0.2) is 9.97 Å². The quantitative estimate of drug-likeness (QED) is 0.657. The van der Waals surface area contributed by atoms with E-state index in [4.69, 9.17) is 0 Å². The van der Waals surface area contributed by atoms with Crippen LogP contribution in [0.1, 0.15) is 35.2 Å². The fraction of sp³-hybridized carbons (Fsp3) is 0.263. The monoisotopic (exact) mass is 400 g/mol. The minimum atomic E-state index is -0.0216. The number of benzene rings is 1. The molecule has 2 aromatic heterocycles. The Balaban J connectivity index is 1.80. The second-order valence-corrected chi connectivity index (χ2v) is 8.28. The fourth-order valence-corrected chi connectivity index (χ4v) is 5.11. The summed E-state index contributed by atoms with van der Waals surface area (Å²) in [6, 6.07) is 9.98. The van der Waals surface area contributed by atoms with Crippen molar-refractivity contribution in [3.63, 3.8) is 0 Å². The summed E-state index contributed by atoms with van der Waals surface area (Å²) in [5.41, 5.74) is 2.26. The molecule has 24 heavy (non-hydrogen) atoms. The van der Waals surface area contributed by atoms with Crippen LogP contribution >= 0.6 is 27.3 Å². The number of aromatic amines is 1. The lowest BCUT2D eigenvalue weighted by Crippen LogP contribution is -2.13. The molecule has 1 aliphatic rings. The van der Waals surface area contributed by atoms with Gasteiger partial charge in [-0.15, -0.1) is 11.3 Å². The zero-order chi connectivity index (χ0) is 16.7. The van der Waals surface area contributed by atoms with Crippen molar-refractivity contribution >= 4 is 48.0 Å². The van der Waals surface area contributed by atoms with Gasteiger partial charge in [-0.05, 0) is 42.4 Å². The van der Waals surface area contributed by atoms with Crippen molar-refractivity contribution in [2.24, 2.45) is 5.92 Å². The molecule has 0 aliphatic heterocycles. The maximum Gasteiger partial charge on any atom is 0.260 e. The molecular formula is C19H17BrN2OS. The van der Waals surface area contributed by atoms with Crippen molar-refractivity contribution in [3.8, 4) is 0 Å². The average molecular weight is 401 g/mol. The van der Waals surface area contributed by atoms with Gasteiger partial charge in [-0.2, -0.15) is 0 Å². The van der Waals surface area contributed by atoms with Crippen LogP contribution in [0.15, 0.2) is 35.1 Å². The van der Waals surface area contributed by atoms with Crippen molar-refractivity contribution in [2.45, 2.75) is 26.2 Å². The number of nitrogens with one attached hydrogen (secondary N) is 1. The molecule has 0 spiro atoms. The largest absolute Gasteiger partial charge is 0.306 e. The normalized spacial score (nSPS) is 17.9. The number of aryl methyl sites for hydroxylation is 1. The molecule has 0 fully saturated rings. The first kappa shape index (κ1) is 15.8. The predicted octanol–water partition coefficient (Wildman–Crippen LogP) is 5.00. The van der Waals surface area contributed by atoms with Gasteiger partial charge < -0.3 is 4.98 Å². The van der Waals surface area contributed by atoms with Gasteiger partial charge in [0.15, 0.2) is 0 Å². The molecule has 1 aromatic carbocycles. The summed E-state index contributed by atoms with van der Waals surface area (Å²) in [6.07, 6.45) is 5.08. The molecule has 5 heteroatoms. The molecule has 3 aromatic rings. The third-order valence-corrected chi connectivity index (χ3v) is 6.33. The van der Waals surface area contributed by atoms with E-state index in [0.29, 0.717) is 11.7 Å². The molecule has 1 aliphatic carbocycles. The van der Waals surface area contributed by atoms with Crippen LogP contribution in [0.4, 0.5) is 0 Å². The standard InChI is InChI=1S/C19H17BrN2OS/c1-11-7-8-13-15(9-11)24-19-17(13)18(23)21-16(22-19)10-14(20)12-5-3-2-4-6-12/h2-6,10-11H,7-9H2,1H3,(H,21,22,23)/b14-10-/t11-/m0/s1. The summed E-state index contributed by atoms with van der Waals surface area (Å²) in [7, 11) is 0. The summed E-state index contributed by atoms with van der Waals surface area (Å²) in [4.78, 5) is 22.4. The third kappa shape index (κ3) is 2.87. The van der Waals surface area contributed by atoms with E-state index < -0.39 is 0 Å². The van der Waals surface area contributed by atoms with Gasteiger partial charge >= 0.3 is 0 Å². The van der Waals surface area contributed by atoms with Gasteiger partial charge in [0, 0.05) is 9.36 Å². The Hall–Kier alpha value is -1.72. The van der Waals surface area contributed by atoms with Crippen LogP contribution in [0.2, 0.25) is 0 Å². The Morgan fingerprint density at radius 1 is 1.38 bits per heavy atom. The van der Waals surface area contributed by atoms with Crippen LogP contribution in [0.3, 0.4) is 0 Å². The van der Waals surface area contributed by atoms with E-state index in [-0.39, 0.29) is 5.56 Å². The molecule has 122 valence electrons. The van der Waals surface area contributed by atoms with Gasteiger partial charge in [-0.3, -0.25) is 4.79 Å². The lowest BCUT2D eigenvalue weighted by Gasteiger charge is -2.17. The Morgan fingerprint density at radius 2 is 2.17 bits per heavy atom. The average Bonchev–Trinajstić information content (AvgIpc) is 2.93. The van der Waals surface area contributed by atoms with E-state index in [1.54, 1.807) is 11.3 Å². The summed E-state index contributed by atoms with van der Waals surface area (Å²) in [5, 5.41) is 0.801. The lowest BCUT2D eigenvalue weighted by atomic mass is 9.89. The Kier molecular flexibility index (Phi) is 4.14. The molecule has 0 unspecified atom stereocenters. The van der Waals surface area contributed by atoms with Gasteiger partial charge in [0.05, 0.1) is 5.39 Å². The highest BCUT2D eigenvalue weighted by atomic mass is 79.9. The molecule has 0 amide bonds. The van der Waals surface area contributed by atoms with Gasteiger partial charge in [0.2, 0.25) is 0 Å². The molecule has 0 saturated heterocycles. The number of hydrogen-bond donors (Lipinski definition) is 1. The number of rotatable bonds is 2. The Morgan fingerprint density at radius 3 is 2.96 bits per heavy atom. The van der Waals surface area contributed by atoms with E-state index in [1.807, 2.05) is 36.4 Å². The maximum absolute atomic E-state index is 12.6. The molecule has 0 bridgehead atoms. The Labute approximate surface area is 152 Å². The SMILES string of the molecule is C[C@H]1CCc2c(sc3nc(/C=C(\Br)c4ccccc4)[nH]c(=O)c23)C1. The molecule has 1 atom stereocenters. The number of fused-ring (bicyclic) bond motifs is 3. The van der Waals surface area contributed by atoms with Crippen LogP contribution < -0.4 is 5.56 Å². The second kappa shape index (κ2) is 6.30. The van der Waals surface area contributed by atoms with E-state index in [2.05, 4.69) is 32.8 Å². The maximum atomic E-state index is 12.6. The van der Waals surface area contributed by atoms with Crippen LogP contribution in [0.25, 0.3) is 20.8 Å². The van der Waals surface area contributed by atoms with E-state index >= 15 is 0 Å². The van der Waals surface area contributed by atoms with E-state index in [1.165, 1.54) is 10.4 Å². The zero-order valence-corrected chi connectivity index (χ0v) is 15.7. The number of hydrogen-bond acceptors (Lipinski definition) is 3. The minimum absolute atomic E-state index is 0.0216. The topological polar surface area (TPSA) is 45.8 Å². The summed E-state index contributed by atoms with van der Waals surface area (Å²) >= 11 is 5.26. The van der Waals surface area contributed by atoms with Crippen molar-refractivity contribution < 1.29 is 0 Å². The predicted molar refractivity (Wildman–Crippen MR) is 105 cm³/mol. The zero-order valence-electron chi connectivity index (χ0n) is 13.3. The first-order valence-electron chi connectivity index (χ1n) is 8.09. The van der Waals surface area contributed by atoms with Crippen LogP contribution in [-0.2, 0) is 12.8 Å². The second-order valence-electron chi connectivity index (χ2n) is 6.34. The minimum Gasteiger partial charge on any atom is -0.306 e. The molecule has 1 N–H and O–H groups in total. The number of nitrogens with zero attached hydrogens (tertiary/aromatic N) is 1. The summed E-state index contributed by atoms with van der Waals surface area (Å²) in [5.74, 6) is 1.28. The third-order valence-electron chi connectivity index (χ3n) is 4.50. The number of halogens is 1. The molecule has 0 saturated carbocycles.